The van der Waals surface area contributed by atoms with Gasteiger partial charge in [0.2, 0.25) is 5.91 Å². The zero-order chi connectivity index (χ0) is 14.4. The van der Waals surface area contributed by atoms with Crippen molar-refractivity contribution in [2.75, 3.05) is 38.3 Å². The van der Waals surface area contributed by atoms with E-state index in [4.69, 9.17) is 4.74 Å². The number of hydrogen-bond acceptors (Lipinski definition) is 4. The highest BCUT2D eigenvalue weighted by Gasteiger charge is 2.24. The van der Waals surface area contributed by atoms with Gasteiger partial charge in [-0.2, -0.15) is 0 Å². The number of para-hydroxylation sites is 1. The van der Waals surface area contributed by atoms with Crippen LogP contribution in [0.2, 0.25) is 0 Å². The molecule has 2 rings (SSSR count). The molecule has 0 fully saturated rings. The Labute approximate surface area is 120 Å². The summed E-state index contributed by atoms with van der Waals surface area (Å²) in [5.41, 5.74) is 2.38. The molecule has 0 aromatic heterocycles. The van der Waals surface area contributed by atoms with Crippen molar-refractivity contribution in [3.05, 3.63) is 29.8 Å². The normalized spacial score (nSPS) is 16.2. The van der Waals surface area contributed by atoms with Gasteiger partial charge in [0.05, 0.1) is 6.61 Å². The van der Waals surface area contributed by atoms with Gasteiger partial charge in [-0.3, -0.25) is 4.79 Å². The number of carbonyl (C=O) groups excluding carboxylic acids is 1. The Bertz CT molecular complexity index is 450. The second kappa shape index (κ2) is 7.26. The molecule has 0 aliphatic carbocycles. The van der Waals surface area contributed by atoms with E-state index in [9.17, 15) is 4.79 Å². The molecule has 1 aromatic rings. The number of nitrogens with zero attached hydrogens (tertiary/aromatic N) is 1. The van der Waals surface area contributed by atoms with Crippen molar-refractivity contribution in [3.63, 3.8) is 0 Å². The van der Waals surface area contributed by atoms with Gasteiger partial charge in [-0.25, -0.2) is 0 Å². The van der Waals surface area contributed by atoms with Crippen molar-refractivity contribution >= 4 is 11.6 Å². The lowest BCUT2D eigenvalue weighted by Crippen LogP contribution is -2.47. The van der Waals surface area contributed by atoms with Gasteiger partial charge in [0.1, 0.15) is 6.04 Å². The summed E-state index contributed by atoms with van der Waals surface area (Å²) in [5, 5.41) is 6.29. The van der Waals surface area contributed by atoms with Crippen LogP contribution in [0.5, 0.6) is 0 Å². The van der Waals surface area contributed by atoms with Crippen LogP contribution in [-0.4, -0.2) is 45.3 Å². The molecule has 0 bridgehead atoms. The quantitative estimate of drug-likeness (QED) is 0.780. The van der Waals surface area contributed by atoms with Gasteiger partial charge in [0.15, 0.2) is 0 Å². The molecule has 110 valence electrons. The summed E-state index contributed by atoms with van der Waals surface area (Å²) >= 11 is 0. The van der Waals surface area contributed by atoms with E-state index in [0.717, 1.165) is 25.3 Å². The number of benzene rings is 1. The van der Waals surface area contributed by atoms with Crippen molar-refractivity contribution in [3.8, 4) is 0 Å². The van der Waals surface area contributed by atoms with E-state index in [2.05, 4.69) is 27.7 Å². The Balaban J connectivity index is 2.08. The van der Waals surface area contributed by atoms with Gasteiger partial charge >= 0.3 is 0 Å². The zero-order valence-corrected chi connectivity index (χ0v) is 12.2. The van der Waals surface area contributed by atoms with E-state index in [0.29, 0.717) is 13.2 Å². The topological polar surface area (TPSA) is 53.6 Å². The van der Waals surface area contributed by atoms with Crippen molar-refractivity contribution in [2.45, 2.75) is 19.5 Å². The minimum absolute atomic E-state index is 0.0405. The molecule has 1 unspecified atom stereocenters. The number of rotatable bonds is 5. The number of amides is 1. The van der Waals surface area contributed by atoms with E-state index in [-0.39, 0.29) is 11.9 Å². The van der Waals surface area contributed by atoms with E-state index in [1.807, 2.05) is 19.1 Å². The first-order valence-corrected chi connectivity index (χ1v) is 7.06. The minimum Gasteiger partial charge on any atom is -0.383 e. The smallest absolute Gasteiger partial charge is 0.242 e. The molecule has 1 amide bonds. The predicted octanol–water partition coefficient (Wildman–Crippen LogP) is 0.747. The van der Waals surface area contributed by atoms with E-state index in [1.165, 1.54) is 5.56 Å². The lowest BCUT2D eigenvalue weighted by molar-refractivity contribution is -0.122. The summed E-state index contributed by atoms with van der Waals surface area (Å²) in [7, 11) is 1.63. The number of carbonyl (C=O) groups is 1. The third-order valence-corrected chi connectivity index (χ3v) is 3.60. The number of hydrogen-bond donors (Lipinski definition) is 2. The molecule has 0 saturated carbocycles. The average molecular weight is 277 g/mol. The summed E-state index contributed by atoms with van der Waals surface area (Å²) < 4.78 is 4.96. The molecule has 1 aromatic carbocycles. The lowest BCUT2D eigenvalue weighted by Gasteiger charge is -2.30. The highest BCUT2D eigenvalue weighted by molar-refractivity contribution is 5.85. The monoisotopic (exact) mass is 277 g/mol. The van der Waals surface area contributed by atoms with Crippen LogP contribution in [0.4, 0.5) is 5.69 Å². The molecular weight excluding hydrogens is 254 g/mol. The maximum absolute atomic E-state index is 12.2. The van der Waals surface area contributed by atoms with Gasteiger partial charge in [-0.05, 0) is 18.6 Å². The molecular formula is C15H23N3O2. The van der Waals surface area contributed by atoms with Crippen molar-refractivity contribution in [1.29, 1.82) is 0 Å². The Morgan fingerprint density at radius 1 is 1.50 bits per heavy atom. The van der Waals surface area contributed by atoms with Crippen molar-refractivity contribution < 1.29 is 9.53 Å². The third-order valence-electron chi connectivity index (χ3n) is 3.60. The molecule has 1 aliphatic rings. The van der Waals surface area contributed by atoms with Crippen LogP contribution < -0.4 is 15.5 Å². The van der Waals surface area contributed by atoms with Crippen LogP contribution in [0.15, 0.2) is 24.3 Å². The third kappa shape index (κ3) is 3.49. The second-order valence-corrected chi connectivity index (χ2v) is 4.96. The molecule has 0 spiro atoms. The Morgan fingerprint density at radius 3 is 3.10 bits per heavy atom. The maximum atomic E-state index is 12.2. The Morgan fingerprint density at radius 2 is 2.30 bits per heavy atom. The van der Waals surface area contributed by atoms with Crippen LogP contribution in [-0.2, 0) is 16.1 Å². The number of fused-ring (bicyclic) bond motifs is 1. The van der Waals surface area contributed by atoms with Gasteiger partial charge in [-0.15, -0.1) is 0 Å². The molecule has 2 N–H and O–H groups in total. The van der Waals surface area contributed by atoms with Gasteiger partial charge < -0.3 is 20.3 Å². The molecule has 1 heterocycles. The van der Waals surface area contributed by atoms with Crippen LogP contribution in [0, 0.1) is 0 Å². The second-order valence-electron chi connectivity index (χ2n) is 4.96. The van der Waals surface area contributed by atoms with E-state index >= 15 is 0 Å². The van der Waals surface area contributed by atoms with E-state index < -0.39 is 0 Å². The number of methoxy groups -OCH3 is 1. The highest BCUT2D eigenvalue weighted by Crippen LogP contribution is 2.23. The predicted molar refractivity (Wildman–Crippen MR) is 79.8 cm³/mol. The SMILES string of the molecule is COCCNC(=O)C(C)N1CCNCc2ccccc21. The summed E-state index contributed by atoms with van der Waals surface area (Å²) in [6, 6.07) is 8.06. The van der Waals surface area contributed by atoms with Crippen LogP contribution >= 0.6 is 0 Å². The van der Waals surface area contributed by atoms with Gasteiger partial charge in [0.25, 0.3) is 0 Å². The standard InChI is InChI=1S/C15H23N3O2/c1-12(15(19)17-8-10-20-2)18-9-7-16-11-13-5-3-4-6-14(13)18/h3-6,12,16H,7-11H2,1-2H3,(H,17,19). The fourth-order valence-electron chi connectivity index (χ4n) is 2.45. The molecule has 20 heavy (non-hydrogen) atoms. The van der Waals surface area contributed by atoms with Crippen LogP contribution in [0.25, 0.3) is 0 Å². The fourth-order valence-corrected chi connectivity index (χ4v) is 2.45. The largest absolute Gasteiger partial charge is 0.383 e. The summed E-state index contributed by atoms with van der Waals surface area (Å²) in [6.07, 6.45) is 0. The number of nitrogens with one attached hydrogen (secondary N) is 2. The highest BCUT2D eigenvalue weighted by atomic mass is 16.5. The summed E-state index contributed by atoms with van der Waals surface area (Å²) in [5.74, 6) is 0.0405. The molecule has 0 radical (unpaired) electrons. The average Bonchev–Trinajstić information content (AvgIpc) is 2.69. The molecule has 1 aliphatic heterocycles. The molecule has 5 nitrogen and oxygen atoms in total. The zero-order valence-electron chi connectivity index (χ0n) is 12.2. The van der Waals surface area contributed by atoms with Crippen LogP contribution in [0.1, 0.15) is 12.5 Å². The van der Waals surface area contributed by atoms with E-state index in [1.54, 1.807) is 7.11 Å². The first-order chi connectivity index (χ1) is 9.74. The molecule has 0 saturated heterocycles. The number of ether oxygens (including phenoxy) is 1. The van der Waals surface area contributed by atoms with Crippen molar-refractivity contribution in [2.24, 2.45) is 0 Å². The Hall–Kier alpha value is -1.59. The number of anilines is 1. The fraction of sp³-hybridized carbons (Fsp3) is 0.533. The summed E-state index contributed by atoms with van der Waals surface area (Å²) in [6.45, 7) is 5.60. The first kappa shape index (κ1) is 14.8. The van der Waals surface area contributed by atoms with Gasteiger partial charge in [0, 0.05) is 39.0 Å². The maximum Gasteiger partial charge on any atom is 0.242 e. The van der Waals surface area contributed by atoms with Crippen molar-refractivity contribution in [1.82, 2.24) is 10.6 Å². The Kier molecular flexibility index (Phi) is 5.38. The minimum atomic E-state index is -0.187. The van der Waals surface area contributed by atoms with Crippen LogP contribution in [0.3, 0.4) is 0 Å². The molecule has 5 heteroatoms. The summed E-state index contributed by atoms with van der Waals surface area (Å²) in [4.78, 5) is 14.4. The lowest BCUT2D eigenvalue weighted by atomic mass is 10.1. The van der Waals surface area contributed by atoms with Gasteiger partial charge in [-0.1, -0.05) is 18.2 Å². The molecule has 1 atom stereocenters. The first-order valence-electron chi connectivity index (χ1n) is 7.06.